The smallest absolute Gasteiger partial charge is 0.237 e. The van der Waals surface area contributed by atoms with E-state index in [1.165, 1.54) is 0 Å². The molecule has 0 rings (SSSR count). The first kappa shape index (κ1) is 16.4. The Kier molecular flexibility index (Phi) is 8.12. The van der Waals surface area contributed by atoms with Gasteiger partial charge in [0, 0.05) is 26.3 Å². The van der Waals surface area contributed by atoms with Crippen LogP contribution in [0, 0.1) is 5.92 Å². The third-order valence-corrected chi connectivity index (χ3v) is 2.66. The molecule has 0 radical (unpaired) electrons. The van der Waals surface area contributed by atoms with Crippen LogP contribution in [-0.2, 0) is 9.53 Å². The van der Waals surface area contributed by atoms with Gasteiger partial charge in [0.05, 0.1) is 6.04 Å². The van der Waals surface area contributed by atoms with Gasteiger partial charge in [-0.15, -0.1) is 0 Å². The highest BCUT2D eigenvalue weighted by molar-refractivity contribution is 5.81. The summed E-state index contributed by atoms with van der Waals surface area (Å²) in [4.78, 5) is 13.9. The number of hydrogen-bond acceptors (Lipinski definition) is 4. The Labute approximate surface area is 105 Å². The third kappa shape index (κ3) is 7.31. The summed E-state index contributed by atoms with van der Waals surface area (Å²) in [5, 5.41) is 3.00. The molecule has 5 heteroatoms. The normalized spacial score (nSPS) is 15.1. The largest absolute Gasteiger partial charge is 0.385 e. The fraction of sp³-hybridized carbons (Fsp3) is 0.917. The lowest BCUT2D eigenvalue weighted by molar-refractivity contribution is -0.123. The molecule has 102 valence electrons. The van der Waals surface area contributed by atoms with E-state index in [0.29, 0.717) is 18.9 Å². The maximum absolute atomic E-state index is 11.8. The molecule has 0 fully saturated rings. The standard InChI is InChI=1S/C12H27N3O2/c1-9(2)11(8-15(3)4)14-12(16)10(13)6-7-17-5/h9-11H,6-8,13H2,1-5H3,(H,14,16). The fourth-order valence-electron chi connectivity index (χ4n) is 1.48. The van der Waals surface area contributed by atoms with Crippen LogP contribution in [0.15, 0.2) is 0 Å². The Morgan fingerprint density at radius 1 is 1.41 bits per heavy atom. The van der Waals surface area contributed by atoms with Crippen molar-refractivity contribution in [1.29, 1.82) is 0 Å². The molecule has 0 aromatic heterocycles. The Balaban J connectivity index is 4.20. The first-order chi connectivity index (χ1) is 7.88. The maximum atomic E-state index is 11.8. The van der Waals surface area contributed by atoms with Gasteiger partial charge in [-0.3, -0.25) is 4.79 Å². The predicted molar refractivity (Wildman–Crippen MR) is 69.8 cm³/mol. The van der Waals surface area contributed by atoms with Crippen LogP contribution in [-0.4, -0.2) is 57.2 Å². The summed E-state index contributed by atoms with van der Waals surface area (Å²) in [7, 11) is 5.59. The fourth-order valence-corrected chi connectivity index (χ4v) is 1.48. The number of amides is 1. The summed E-state index contributed by atoms with van der Waals surface area (Å²) >= 11 is 0. The topological polar surface area (TPSA) is 67.6 Å². The van der Waals surface area contributed by atoms with Crippen molar-refractivity contribution in [3.8, 4) is 0 Å². The molecule has 0 saturated carbocycles. The predicted octanol–water partition coefficient (Wildman–Crippen LogP) is 0.0526. The van der Waals surface area contributed by atoms with Gasteiger partial charge in [-0.25, -0.2) is 0 Å². The summed E-state index contributed by atoms with van der Waals surface area (Å²) in [6, 6.07) is -0.357. The molecule has 3 N–H and O–H groups in total. The molecule has 0 aliphatic rings. The van der Waals surface area contributed by atoms with Gasteiger partial charge in [0.2, 0.25) is 5.91 Å². The van der Waals surface area contributed by atoms with Gasteiger partial charge in [0.25, 0.3) is 0 Å². The Bertz CT molecular complexity index is 220. The minimum atomic E-state index is -0.488. The highest BCUT2D eigenvalue weighted by Gasteiger charge is 2.20. The van der Waals surface area contributed by atoms with Gasteiger partial charge in [-0.2, -0.15) is 0 Å². The Morgan fingerprint density at radius 2 is 2.00 bits per heavy atom. The Morgan fingerprint density at radius 3 is 2.41 bits per heavy atom. The van der Waals surface area contributed by atoms with E-state index in [-0.39, 0.29) is 11.9 Å². The zero-order valence-corrected chi connectivity index (χ0v) is 11.7. The quantitative estimate of drug-likeness (QED) is 0.634. The van der Waals surface area contributed by atoms with Gasteiger partial charge in [0.15, 0.2) is 0 Å². The van der Waals surface area contributed by atoms with E-state index in [1.807, 2.05) is 14.1 Å². The lowest BCUT2D eigenvalue weighted by Gasteiger charge is -2.26. The zero-order valence-electron chi connectivity index (χ0n) is 11.7. The van der Waals surface area contributed by atoms with E-state index < -0.39 is 6.04 Å². The van der Waals surface area contributed by atoms with Gasteiger partial charge >= 0.3 is 0 Å². The van der Waals surface area contributed by atoms with Crippen molar-refractivity contribution in [2.75, 3.05) is 34.4 Å². The van der Waals surface area contributed by atoms with Gasteiger partial charge in [-0.05, 0) is 26.4 Å². The molecule has 0 bridgehead atoms. The number of carbonyl (C=O) groups is 1. The summed E-state index contributed by atoms with van der Waals surface area (Å²) in [5.74, 6) is 0.290. The van der Waals surface area contributed by atoms with E-state index in [4.69, 9.17) is 10.5 Å². The third-order valence-electron chi connectivity index (χ3n) is 2.66. The molecule has 0 aliphatic carbocycles. The lowest BCUT2D eigenvalue weighted by atomic mass is 10.0. The van der Waals surface area contributed by atoms with E-state index >= 15 is 0 Å². The van der Waals surface area contributed by atoms with Crippen molar-refractivity contribution in [2.24, 2.45) is 11.7 Å². The number of rotatable bonds is 8. The summed E-state index contributed by atoms with van der Waals surface area (Å²) in [6.07, 6.45) is 0.551. The van der Waals surface area contributed by atoms with Crippen LogP contribution in [0.25, 0.3) is 0 Å². The molecule has 2 atom stereocenters. The second-order valence-corrected chi connectivity index (χ2v) is 5.01. The summed E-state index contributed by atoms with van der Waals surface area (Å²) in [6.45, 7) is 5.51. The van der Waals surface area contributed by atoms with Crippen molar-refractivity contribution >= 4 is 5.91 Å². The first-order valence-electron chi connectivity index (χ1n) is 6.08. The molecule has 17 heavy (non-hydrogen) atoms. The van der Waals surface area contributed by atoms with E-state index in [2.05, 4.69) is 24.1 Å². The number of nitrogens with one attached hydrogen (secondary N) is 1. The molecular weight excluding hydrogens is 218 g/mol. The minimum Gasteiger partial charge on any atom is -0.385 e. The maximum Gasteiger partial charge on any atom is 0.237 e. The van der Waals surface area contributed by atoms with Crippen molar-refractivity contribution in [3.63, 3.8) is 0 Å². The molecular formula is C12H27N3O2. The van der Waals surface area contributed by atoms with Gasteiger partial charge in [0.1, 0.15) is 0 Å². The average Bonchev–Trinajstić information content (AvgIpc) is 2.23. The van der Waals surface area contributed by atoms with Crippen LogP contribution in [0.5, 0.6) is 0 Å². The number of nitrogens with two attached hydrogens (primary N) is 1. The molecule has 0 spiro atoms. The summed E-state index contributed by atoms with van der Waals surface area (Å²) in [5.41, 5.74) is 5.78. The number of ether oxygens (including phenoxy) is 1. The molecule has 0 heterocycles. The van der Waals surface area contributed by atoms with Crippen LogP contribution in [0.2, 0.25) is 0 Å². The Hall–Kier alpha value is -0.650. The zero-order chi connectivity index (χ0) is 13.4. The van der Waals surface area contributed by atoms with Crippen LogP contribution >= 0.6 is 0 Å². The molecule has 1 amide bonds. The summed E-state index contributed by atoms with van der Waals surface area (Å²) < 4.78 is 4.91. The molecule has 0 saturated heterocycles. The molecule has 5 nitrogen and oxygen atoms in total. The van der Waals surface area contributed by atoms with Crippen LogP contribution in [0.3, 0.4) is 0 Å². The number of likely N-dealkylation sites (N-methyl/N-ethyl adjacent to an activating group) is 1. The number of carbonyl (C=O) groups excluding carboxylic acids is 1. The minimum absolute atomic E-state index is 0.0948. The van der Waals surface area contributed by atoms with E-state index in [9.17, 15) is 4.79 Å². The second kappa shape index (κ2) is 8.44. The first-order valence-corrected chi connectivity index (χ1v) is 6.08. The second-order valence-electron chi connectivity index (χ2n) is 5.01. The van der Waals surface area contributed by atoms with Crippen LogP contribution < -0.4 is 11.1 Å². The average molecular weight is 245 g/mol. The highest BCUT2D eigenvalue weighted by Crippen LogP contribution is 2.03. The lowest BCUT2D eigenvalue weighted by Crippen LogP contribution is -2.50. The molecule has 0 aliphatic heterocycles. The van der Waals surface area contributed by atoms with Crippen molar-refractivity contribution in [1.82, 2.24) is 10.2 Å². The van der Waals surface area contributed by atoms with Crippen molar-refractivity contribution in [2.45, 2.75) is 32.4 Å². The highest BCUT2D eigenvalue weighted by atomic mass is 16.5. The van der Waals surface area contributed by atoms with E-state index in [1.54, 1.807) is 7.11 Å². The van der Waals surface area contributed by atoms with Crippen molar-refractivity contribution in [3.05, 3.63) is 0 Å². The molecule has 0 aromatic rings. The molecule has 0 aromatic carbocycles. The number of methoxy groups -OCH3 is 1. The number of nitrogens with zero attached hydrogens (tertiary/aromatic N) is 1. The monoisotopic (exact) mass is 245 g/mol. The van der Waals surface area contributed by atoms with Gasteiger partial charge < -0.3 is 20.7 Å². The number of hydrogen-bond donors (Lipinski definition) is 2. The SMILES string of the molecule is COCCC(N)C(=O)NC(CN(C)C)C(C)C. The van der Waals surface area contributed by atoms with E-state index in [0.717, 1.165) is 6.54 Å². The van der Waals surface area contributed by atoms with Crippen molar-refractivity contribution < 1.29 is 9.53 Å². The molecule has 2 unspecified atom stereocenters. The van der Waals surface area contributed by atoms with Crippen LogP contribution in [0.1, 0.15) is 20.3 Å². The van der Waals surface area contributed by atoms with Crippen LogP contribution in [0.4, 0.5) is 0 Å². The van der Waals surface area contributed by atoms with Gasteiger partial charge in [-0.1, -0.05) is 13.8 Å².